The van der Waals surface area contributed by atoms with Gasteiger partial charge in [-0.25, -0.2) is 9.37 Å². The molecule has 0 radical (unpaired) electrons. The molecular formula is C13H12FN3. The minimum atomic E-state index is -0.509. The number of hydrogen-bond donors (Lipinski definition) is 0. The first kappa shape index (κ1) is 11.3. The number of imidazole rings is 1. The van der Waals surface area contributed by atoms with E-state index in [-0.39, 0.29) is 5.56 Å². The van der Waals surface area contributed by atoms with Gasteiger partial charge in [0.15, 0.2) is 0 Å². The monoisotopic (exact) mass is 229 g/mol. The van der Waals surface area contributed by atoms with Crippen LogP contribution in [0.3, 0.4) is 0 Å². The van der Waals surface area contributed by atoms with Crippen molar-refractivity contribution in [1.82, 2.24) is 9.55 Å². The molecule has 1 heterocycles. The molecule has 0 aliphatic carbocycles. The van der Waals surface area contributed by atoms with Crippen LogP contribution >= 0.6 is 0 Å². The molecule has 0 atom stereocenters. The molecule has 0 bridgehead atoms. The van der Waals surface area contributed by atoms with Gasteiger partial charge in [0.1, 0.15) is 11.9 Å². The predicted octanol–water partition coefficient (Wildman–Crippen LogP) is 3.01. The molecule has 86 valence electrons. The summed E-state index contributed by atoms with van der Waals surface area (Å²) in [6.45, 7) is 4.10. The summed E-state index contributed by atoms with van der Waals surface area (Å²) < 4.78 is 15.2. The maximum absolute atomic E-state index is 13.4. The summed E-state index contributed by atoms with van der Waals surface area (Å²) in [7, 11) is 0. The van der Waals surface area contributed by atoms with Crippen LogP contribution in [0.25, 0.3) is 5.69 Å². The number of hydrogen-bond acceptors (Lipinski definition) is 2. The summed E-state index contributed by atoms with van der Waals surface area (Å²) in [5.74, 6) is -0.177. The van der Waals surface area contributed by atoms with Crippen molar-refractivity contribution in [1.29, 1.82) is 5.26 Å². The Balaban J connectivity index is 2.40. The molecule has 2 rings (SSSR count). The van der Waals surface area contributed by atoms with Crippen molar-refractivity contribution in [2.24, 2.45) is 0 Å². The molecule has 0 saturated heterocycles. The summed E-state index contributed by atoms with van der Waals surface area (Å²) in [6, 6.07) is 6.31. The van der Waals surface area contributed by atoms with Crippen LogP contribution in [-0.2, 0) is 0 Å². The highest BCUT2D eigenvalue weighted by Gasteiger charge is 2.07. The van der Waals surface area contributed by atoms with Gasteiger partial charge in [-0.05, 0) is 24.1 Å². The zero-order valence-corrected chi connectivity index (χ0v) is 9.68. The average molecular weight is 229 g/mol. The van der Waals surface area contributed by atoms with Crippen LogP contribution in [-0.4, -0.2) is 9.55 Å². The molecule has 0 aliphatic heterocycles. The van der Waals surface area contributed by atoms with E-state index in [0.29, 0.717) is 11.6 Å². The van der Waals surface area contributed by atoms with E-state index in [1.807, 2.05) is 20.0 Å². The molecule has 0 saturated carbocycles. The van der Waals surface area contributed by atoms with Gasteiger partial charge in [-0.3, -0.25) is 0 Å². The van der Waals surface area contributed by atoms with E-state index < -0.39 is 5.82 Å². The van der Waals surface area contributed by atoms with Gasteiger partial charge in [0.05, 0.1) is 17.6 Å². The van der Waals surface area contributed by atoms with Crippen molar-refractivity contribution in [3.05, 3.63) is 47.8 Å². The first-order chi connectivity index (χ1) is 8.11. The van der Waals surface area contributed by atoms with Gasteiger partial charge in [0, 0.05) is 11.9 Å². The Kier molecular flexibility index (Phi) is 2.92. The van der Waals surface area contributed by atoms with E-state index in [4.69, 9.17) is 5.26 Å². The van der Waals surface area contributed by atoms with Crippen LogP contribution in [0.5, 0.6) is 0 Å². The smallest absolute Gasteiger partial charge is 0.143 e. The second-order valence-corrected chi connectivity index (χ2v) is 4.14. The van der Waals surface area contributed by atoms with Gasteiger partial charge >= 0.3 is 0 Å². The fourth-order valence-electron chi connectivity index (χ4n) is 1.53. The molecule has 1 aromatic carbocycles. The Morgan fingerprint density at radius 3 is 2.71 bits per heavy atom. The van der Waals surface area contributed by atoms with Crippen LogP contribution in [0.15, 0.2) is 30.7 Å². The normalized spacial score (nSPS) is 10.5. The van der Waals surface area contributed by atoms with Gasteiger partial charge in [-0.2, -0.15) is 5.26 Å². The second-order valence-electron chi connectivity index (χ2n) is 4.14. The molecule has 0 fully saturated rings. The fraction of sp³-hybridized carbons (Fsp3) is 0.231. The minimum Gasteiger partial charge on any atom is -0.306 e. The summed E-state index contributed by atoms with van der Waals surface area (Å²) in [5, 5.41) is 8.65. The van der Waals surface area contributed by atoms with Gasteiger partial charge in [0.25, 0.3) is 0 Å². The van der Waals surface area contributed by atoms with Crippen LogP contribution in [0.2, 0.25) is 0 Å². The Bertz CT molecular complexity index is 579. The van der Waals surface area contributed by atoms with E-state index in [9.17, 15) is 4.39 Å². The molecule has 0 amide bonds. The van der Waals surface area contributed by atoms with Crippen molar-refractivity contribution in [2.45, 2.75) is 19.8 Å². The van der Waals surface area contributed by atoms with Crippen LogP contribution < -0.4 is 0 Å². The first-order valence-electron chi connectivity index (χ1n) is 5.35. The van der Waals surface area contributed by atoms with Gasteiger partial charge in [0.2, 0.25) is 0 Å². The third-order valence-electron chi connectivity index (χ3n) is 2.57. The molecular weight excluding hydrogens is 217 g/mol. The molecule has 1 aromatic heterocycles. The van der Waals surface area contributed by atoms with Crippen molar-refractivity contribution in [3.63, 3.8) is 0 Å². The SMILES string of the molecule is CC(C)c1cn(-c2ccc(C#N)c(F)c2)cn1. The molecule has 2 aromatic rings. The summed E-state index contributed by atoms with van der Waals surface area (Å²) >= 11 is 0. The van der Waals surface area contributed by atoms with Crippen molar-refractivity contribution >= 4 is 0 Å². The van der Waals surface area contributed by atoms with Crippen LogP contribution in [0.4, 0.5) is 4.39 Å². The van der Waals surface area contributed by atoms with E-state index in [1.165, 1.54) is 12.1 Å². The molecule has 4 heteroatoms. The van der Waals surface area contributed by atoms with E-state index in [2.05, 4.69) is 4.98 Å². The molecule has 3 nitrogen and oxygen atoms in total. The van der Waals surface area contributed by atoms with Gasteiger partial charge < -0.3 is 4.57 Å². The molecule has 0 unspecified atom stereocenters. The lowest BCUT2D eigenvalue weighted by Crippen LogP contribution is -1.93. The summed E-state index contributed by atoms with van der Waals surface area (Å²) in [4.78, 5) is 4.24. The third-order valence-corrected chi connectivity index (χ3v) is 2.57. The van der Waals surface area contributed by atoms with Crippen molar-refractivity contribution < 1.29 is 4.39 Å². The van der Waals surface area contributed by atoms with Gasteiger partial charge in [-0.1, -0.05) is 13.8 Å². The zero-order chi connectivity index (χ0) is 12.4. The standard InChI is InChI=1S/C13H12FN3/c1-9(2)13-7-17(8-16-13)11-4-3-10(6-15)12(14)5-11/h3-5,7-9H,1-2H3. The van der Waals surface area contributed by atoms with Gasteiger partial charge in [-0.15, -0.1) is 0 Å². The zero-order valence-electron chi connectivity index (χ0n) is 9.68. The minimum absolute atomic E-state index is 0.0537. The Morgan fingerprint density at radius 2 is 2.18 bits per heavy atom. The first-order valence-corrected chi connectivity index (χ1v) is 5.35. The predicted molar refractivity (Wildman–Crippen MR) is 62.3 cm³/mol. The van der Waals surface area contributed by atoms with E-state index >= 15 is 0 Å². The van der Waals surface area contributed by atoms with Crippen molar-refractivity contribution in [3.8, 4) is 11.8 Å². The molecule has 0 N–H and O–H groups in total. The Morgan fingerprint density at radius 1 is 1.41 bits per heavy atom. The maximum Gasteiger partial charge on any atom is 0.143 e. The summed E-state index contributed by atoms with van der Waals surface area (Å²) in [6.07, 6.45) is 3.52. The average Bonchev–Trinajstić information content (AvgIpc) is 2.78. The molecule has 17 heavy (non-hydrogen) atoms. The van der Waals surface area contributed by atoms with E-state index in [1.54, 1.807) is 23.0 Å². The number of nitriles is 1. The maximum atomic E-state index is 13.4. The lowest BCUT2D eigenvalue weighted by molar-refractivity contribution is 0.622. The number of aromatic nitrogens is 2. The second kappa shape index (κ2) is 4.38. The molecule has 0 spiro atoms. The number of halogens is 1. The Labute approximate surface area is 99.1 Å². The third kappa shape index (κ3) is 2.18. The Hall–Kier alpha value is -2.15. The number of benzene rings is 1. The van der Waals surface area contributed by atoms with E-state index in [0.717, 1.165) is 5.69 Å². The highest BCUT2D eigenvalue weighted by Crippen LogP contribution is 2.17. The van der Waals surface area contributed by atoms with Crippen molar-refractivity contribution in [2.75, 3.05) is 0 Å². The fourth-order valence-corrected chi connectivity index (χ4v) is 1.53. The topological polar surface area (TPSA) is 41.6 Å². The number of rotatable bonds is 2. The highest BCUT2D eigenvalue weighted by atomic mass is 19.1. The number of nitrogens with zero attached hydrogens (tertiary/aromatic N) is 3. The lowest BCUT2D eigenvalue weighted by Gasteiger charge is -2.03. The lowest BCUT2D eigenvalue weighted by atomic mass is 10.1. The highest BCUT2D eigenvalue weighted by molar-refractivity contribution is 5.40. The molecule has 0 aliphatic rings. The largest absolute Gasteiger partial charge is 0.306 e. The van der Waals surface area contributed by atoms with Crippen LogP contribution in [0, 0.1) is 17.1 Å². The summed E-state index contributed by atoms with van der Waals surface area (Å²) in [5.41, 5.74) is 1.67. The van der Waals surface area contributed by atoms with Crippen LogP contribution in [0.1, 0.15) is 31.0 Å². The quantitative estimate of drug-likeness (QED) is 0.794.